The van der Waals surface area contributed by atoms with Gasteiger partial charge in [0.05, 0.1) is 30.2 Å². The van der Waals surface area contributed by atoms with E-state index < -0.39 is 17.8 Å². The lowest BCUT2D eigenvalue weighted by Crippen LogP contribution is -2.39. The van der Waals surface area contributed by atoms with Crippen molar-refractivity contribution in [3.05, 3.63) is 51.6 Å². The van der Waals surface area contributed by atoms with Gasteiger partial charge in [-0.05, 0) is 43.7 Å². The summed E-state index contributed by atoms with van der Waals surface area (Å²) >= 11 is 0. The van der Waals surface area contributed by atoms with Crippen molar-refractivity contribution in [2.75, 3.05) is 42.3 Å². The normalized spacial score (nSPS) is 15.6. The molecule has 3 heterocycles. The highest BCUT2D eigenvalue weighted by molar-refractivity contribution is 5.90. The first-order valence-corrected chi connectivity index (χ1v) is 10.5. The van der Waals surface area contributed by atoms with Crippen molar-refractivity contribution >= 4 is 28.2 Å². The van der Waals surface area contributed by atoms with E-state index in [0.29, 0.717) is 54.7 Å². The highest BCUT2D eigenvalue weighted by Gasteiger charge is 2.31. The van der Waals surface area contributed by atoms with E-state index in [9.17, 15) is 18.0 Å². The number of nitrogens with one attached hydrogen (secondary N) is 1. The Morgan fingerprint density at radius 1 is 1.15 bits per heavy atom. The number of aryl methyl sites for hydroxylation is 1. The van der Waals surface area contributed by atoms with Crippen LogP contribution < -0.4 is 21.5 Å². The number of fused-ring (bicyclic) bond motifs is 1. The Kier molecular flexibility index (Phi) is 5.91. The zero-order chi connectivity index (χ0) is 23.9. The molecular formula is C22H25F3N6O2. The molecule has 1 saturated heterocycles. The summed E-state index contributed by atoms with van der Waals surface area (Å²) in [6.07, 6.45) is -4.51. The first-order valence-electron chi connectivity index (χ1n) is 10.5. The molecule has 0 aliphatic carbocycles. The number of nitrogens with zero attached hydrogens (tertiary/aromatic N) is 4. The van der Waals surface area contributed by atoms with Crippen molar-refractivity contribution in [2.24, 2.45) is 7.05 Å². The Morgan fingerprint density at radius 3 is 2.52 bits per heavy atom. The fourth-order valence-electron chi connectivity index (χ4n) is 3.95. The molecule has 33 heavy (non-hydrogen) atoms. The van der Waals surface area contributed by atoms with Crippen molar-refractivity contribution in [2.45, 2.75) is 26.1 Å². The van der Waals surface area contributed by atoms with Crippen molar-refractivity contribution in [1.82, 2.24) is 14.5 Å². The lowest BCUT2D eigenvalue weighted by Gasteiger charge is -2.30. The molecule has 3 aromatic rings. The predicted molar refractivity (Wildman–Crippen MR) is 120 cm³/mol. The van der Waals surface area contributed by atoms with Gasteiger partial charge in [-0.1, -0.05) is 0 Å². The van der Waals surface area contributed by atoms with E-state index >= 15 is 0 Å². The number of nitrogens with two attached hydrogens (primary N) is 1. The minimum Gasteiger partial charge on any atom is -0.399 e. The number of halogens is 3. The summed E-state index contributed by atoms with van der Waals surface area (Å²) in [4.78, 5) is 23.9. The molecule has 1 aromatic carbocycles. The van der Waals surface area contributed by atoms with Gasteiger partial charge >= 0.3 is 6.18 Å². The van der Waals surface area contributed by atoms with E-state index in [2.05, 4.69) is 15.3 Å². The van der Waals surface area contributed by atoms with Gasteiger partial charge in [0.2, 0.25) is 0 Å². The summed E-state index contributed by atoms with van der Waals surface area (Å²) in [5.41, 5.74) is 5.23. The van der Waals surface area contributed by atoms with Gasteiger partial charge in [-0.3, -0.25) is 9.36 Å². The zero-order valence-corrected chi connectivity index (χ0v) is 18.5. The van der Waals surface area contributed by atoms with Crippen LogP contribution in [0, 0.1) is 6.92 Å². The van der Waals surface area contributed by atoms with Crippen LogP contribution in [0.25, 0.3) is 10.9 Å². The lowest BCUT2D eigenvalue weighted by molar-refractivity contribution is -0.137. The maximum absolute atomic E-state index is 13.3. The Balaban J connectivity index is 1.78. The highest BCUT2D eigenvalue weighted by atomic mass is 19.4. The molecule has 3 N–H and O–H groups in total. The zero-order valence-electron chi connectivity index (χ0n) is 18.5. The summed E-state index contributed by atoms with van der Waals surface area (Å²) in [6, 6.07) is 4.71. The molecule has 1 atom stereocenters. The number of benzene rings is 1. The summed E-state index contributed by atoms with van der Waals surface area (Å²) in [5.74, 6) is 1.44. The van der Waals surface area contributed by atoms with Crippen LogP contribution in [0.15, 0.2) is 29.1 Å². The molecule has 2 aromatic heterocycles. The van der Waals surface area contributed by atoms with Crippen LogP contribution in [0.2, 0.25) is 0 Å². The van der Waals surface area contributed by atoms with Gasteiger partial charge in [0.25, 0.3) is 5.56 Å². The van der Waals surface area contributed by atoms with Gasteiger partial charge in [0.15, 0.2) is 0 Å². The van der Waals surface area contributed by atoms with Crippen LogP contribution in [0.3, 0.4) is 0 Å². The number of rotatable bonds is 4. The molecular weight excluding hydrogens is 437 g/mol. The molecule has 0 radical (unpaired) electrons. The first kappa shape index (κ1) is 22.8. The van der Waals surface area contributed by atoms with E-state index in [1.165, 1.54) is 6.07 Å². The summed E-state index contributed by atoms with van der Waals surface area (Å²) in [5, 5.41) is 3.66. The monoisotopic (exact) mass is 462 g/mol. The third-order valence-corrected chi connectivity index (χ3v) is 5.68. The van der Waals surface area contributed by atoms with E-state index in [1.54, 1.807) is 25.5 Å². The average Bonchev–Trinajstić information content (AvgIpc) is 2.76. The molecule has 4 rings (SSSR count). The number of alkyl halides is 3. The minimum atomic E-state index is -4.51. The van der Waals surface area contributed by atoms with E-state index in [4.69, 9.17) is 10.5 Å². The number of nitrogen functional groups attached to an aromatic ring is 1. The molecule has 8 nitrogen and oxygen atoms in total. The molecule has 1 fully saturated rings. The van der Waals surface area contributed by atoms with Crippen molar-refractivity contribution in [3.8, 4) is 0 Å². The summed E-state index contributed by atoms with van der Waals surface area (Å²) in [7, 11) is 1.69. The fraction of sp³-hybridized carbons (Fsp3) is 0.409. The second-order valence-electron chi connectivity index (χ2n) is 8.10. The van der Waals surface area contributed by atoms with Gasteiger partial charge in [-0.15, -0.1) is 0 Å². The number of anilines is 3. The van der Waals surface area contributed by atoms with Gasteiger partial charge in [-0.2, -0.15) is 13.2 Å². The third kappa shape index (κ3) is 4.58. The van der Waals surface area contributed by atoms with Crippen molar-refractivity contribution in [3.63, 3.8) is 0 Å². The fourth-order valence-corrected chi connectivity index (χ4v) is 3.95. The van der Waals surface area contributed by atoms with Crippen LogP contribution in [0.4, 0.5) is 30.5 Å². The van der Waals surface area contributed by atoms with E-state index in [1.807, 2.05) is 11.0 Å². The minimum absolute atomic E-state index is 0.0145. The number of ether oxygens (including phenoxy) is 1. The van der Waals surface area contributed by atoms with Crippen LogP contribution in [-0.2, 0) is 18.0 Å². The molecule has 1 aliphatic heterocycles. The van der Waals surface area contributed by atoms with Crippen LogP contribution in [0.1, 0.15) is 29.9 Å². The summed E-state index contributed by atoms with van der Waals surface area (Å²) < 4.78 is 46.7. The number of hydrogen-bond acceptors (Lipinski definition) is 7. The lowest BCUT2D eigenvalue weighted by atomic mass is 10.0. The Hall–Kier alpha value is -3.34. The SMILES string of the molecule is Cc1nc(N[C@H](C)c2cc(N)cc(C(F)(F)F)c2)c2cc(N3CCOCC3)n(C)c(=O)c2n1. The largest absolute Gasteiger partial charge is 0.416 e. The Bertz CT molecular complexity index is 1250. The van der Waals surface area contributed by atoms with Gasteiger partial charge in [0, 0.05) is 25.8 Å². The van der Waals surface area contributed by atoms with Gasteiger partial charge in [0.1, 0.15) is 23.0 Å². The maximum Gasteiger partial charge on any atom is 0.416 e. The molecule has 1 aliphatic rings. The molecule has 0 saturated carbocycles. The average molecular weight is 462 g/mol. The Morgan fingerprint density at radius 2 is 1.85 bits per heavy atom. The molecule has 0 unspecified atom stereocenters. The van der Waals surface area contributed by atoms with Crippen molar-refractivity contribution < 1.29 is 17.9 Å². The van der Waals surface area contributed by atoms with Gasteiger partial charge in [-0.25, -0.2) is 9.97 Å². The topological polar surface area (TPSA) is 98.3 Å². The van der Waals surface area contributed by atoms with Crippen LogP contribution in [-0.4, -0.2) is 40.8 Å². The third-order valence-electron chi connectivity index (χ3n) is 5.68. The summed E-state index contributed by atoms with van der Waals surface area (Å²) in [6.45, 7) is 5.74. The molecule has 0 amide bonds. The van der Waals surface area contributed by atoms with E-state index in [-0.39, 0.29) is 16.8 Å². The number of aromatic nitrogens is 3. The molecule has 176 valence electrons. The van der Waals surface area contributed by atoms with E-state index in [0.717, 1.165) is 12.1 Å². The van der Waals surface area contributed by atoms with Crippen LogP contribution >= 0.6 is 0 Å². The quantitative estimate of drug-likeness (QED) is 0.575. The second kappa shape index (κ2) is 8.54. The highest BCUT2D eigenvalue weighted by Crippen LogP contribution is 2.34. The first-order chi connectivity index (χ1) is 15.5. The maximum atomic E-state index is 13.3. The Labute approximate surface area is 188 Å². The predicted octanol–water partition coefficient (Wildman–Crippen LogP) is 3.25. The van der Waals surface area contributed by atoms with Crippen LogP contribution in [0.5, 0.6) is 0 Å². The molecule has 0 bridgehead atoms. The standard InChI is InChI=1S/C22H25F3N6O2/c1-12(14-8-15(22(23,24)25)10-16(26)9-14)27-20-17-11-18(31-4-6-33-7-5-31)30(3)21(32)19(17)28-13(2)29-20/h8-12H,4-7,26H2,1-3H3,(H,27,28,29)/t12-/m1/s1. The van der Waals surface area contributed by atoms with Gasteiger partial charge < -0.3 is 20.7 Å². The smallest absolute Gasteiger partial charge is 0.399 e. The molecule has 0 spiro atoms. The second-order valence-corrected chi connectivity index (χ2v) is 8.10. The molecule has 11 heteroatoms. The number of pyridine rings is 1. The van der Waals surface area contributed by atoms with Crippen molar-refractivity contribution in [1.29, 1.82) is 0 Å². The number of hydrogen-bond donors (Lipinski definition) is 2. The number of morpholine rings is 1.